The van der Waals surface area contributed by atoms with Crippen molar-refractivity contribution in [1.82, 2.24) is 5.32 Å². The molecule has 0 spiro atoms. The fourth-order valence-corrected chi connectivity index (χ4v) is 8.37. The lowest BCUT2D eigenvalue weighted by atomic mass is 9.46. The first-order chi connectivity index (χ1) is 19.4. The van der Waals surface area contributed by atoms with E-state index in [1.807, 2.05) is 12.1 Å². The first-order valence-corrected chi connectivity index (χ1v) is 14.5. The van der Waals surface area contributed by atoms with Gasteiger partial charge in [-0.05, 0) is 91.3 Å². The summed E-state index contributed by atoms with van der Waals surface area (Å²) in [5, 5.41) is 25.7. The van der Waals surface area contributed by atoms with Crippen LogP contribution in [0.4, 0.5) is 13.2 Å². The molecule has 3 N–H and O–H groups in total. The Kier molecular flexibility index (Phi) is 6.97. The van der Waals surface area contributed by atoms with Gasteiger partial charge < -0.3 is 20.3 Å². The minimum absolute atomic E-state index is 0.00601. The zero-order chi connectivity index (χ0) is 29.0. The minimum atomic E-state index is -4.38. The number of halogens is 3. The lowest BCUT2D eigenvalue weighted by Crippen LogP contribution is -2.64. The molecule has 4 aliphatic carbocycles. The predicted octanol–water partition coefficient (Wildman–Crippen LogP) is 6.55. The number of alkyl halides is 3. The third-order valence-electron chi connectivity index (χ3n) is 8.87. The highest BCUT2D eigenvalue weighted by Crippen LogP contribution is 2.62. The van der Waals surface area contributed by atoms with Crippen LogP contribution in [0.3, 0.4) is 0 Å². The largest absolute Gasteiger partial charge is 0.487 e. The van der Waals surface area contributed by atoms with Crippen LogP contribution >= 0.6 is 11.8 Å². The zero-order valence-corrected chi connectivity index (χ0v) is 22.9. The van der Waals surface area contributed by atoms with E-state index in [0.29, 0.717) is 43.1 Å². The summed E-state index contributed by atoms with van der Waals surface area (Å²) in [4.78, 5) is 26.4. The summed E-state index contributed by atoms with van der Waals surface area (Å²) in [6, 6.07) is 15.3. The number of aliphatic carboxylic acids is 1. The van der Waals surface area contributed by atoms with Gasteiger partial charge in [0.15, 0.2) is 0 Å². The minimum Gasteiger partial charge on any atom is -0.487 e. The van der Waals surface area contributed by atoms with E-state index in [1.165, 1.54) is 24.3 Å². The van der Waals surface area contributed by atoms with Gasteiger partial charge >= 0.3 is 11.5 Å². The molecule has 6 nitrogen and oxygen atoms in total. The van der Waals surface area contributed by atoms with Gasteiger partial charge in [0.05, 0.1) is 11.2 Å². The summed E-state index contributed by atoms with van der Waals surface area (Å²) in [6.07, 6.45) is 4.03. The van der Waals surface area contributed by atoms with Crippen LogP contribution in [0, 0.1) is 17.3 Å². The second kappa shape index (κ2) is 10.2. The number of thioether (sulfide) groups is 1. The molecule has 1 amide bonds. The Labute approximate surface area is 239 Å². The maximum atomic E-state index is 13.8. The first kappa shape index (κ1) is 27.9. The van der Waals surface area contributed by atoms with Crippen molar-refractivity contribution in [2.24, 2.45) is 17.3 Å². The molecule has 0 heterocycles. The molecule has 10 heteroatoms. The van der Waals surface area contributed by atoms with Crippen LogP contribution in [0.1, 0.15) is 54.4 Å². The molecule has 3 atom stereocenters. The molecule has 0 aromatic heterocycles. The van der Waals surface area contributed by atoms with Crippen molar-refractivity contribution in [3.05, 3.63) is 71.8 Å². The lowest BCUT2D eigenvalue weighted by molar-refractivity contribution is -0.181. The summed E-state index contributed by atoms with van der Waals surface area (Å²) in [7, 11) is 0. The summed E-state index contributed by atoms with van der Waals surface area (Å²) < 4.78 is 44.2. The quantitative estimate of drug-likeness (QED) is 0.260. The topological polar surface area (TPSA) is 95.9 Å². The Morgan fingerprint density at radius 1 is 1.00 bits per heavy atom. The molecule has 41 heavy (non-hydrogen) atoms. The molecular weight excluding hydrogens is 555 g/mol. The summed E-state index contributed by atoms with van der Waals surface area (Å²) >= 11 is -0.197. The van der Waals surface area contributed by atoms with E-state index in [2.05, 4.69) is 5.32 Å². The molecular formula is C31H30F3NO5S. The van der Waals surface area contributed by atoms with Crippen LogP contribution in [0.5, 0.6) is 5.75 Å². The van der Waals surface area contributed by atoms with Gasteiger partial charge in [0, 0.05) is 15.7 Å². The number of amides is 1. The van der Waals surface area contributed by atoms with Crippen LogP contribution in [-0.2, 0) is 11.4 Å². The SMILES string of the molecule is O=C(NC(C(=O)O)C12CC3CC(CC(O)(C3)C1)C2)c1ccc2ccccc2c1OCc1ccc(SC(F)(F)F)cc1. The van der Waals surface area contributed by atoms with Gasteiger partial charge in [-0.25, -0.2) is 4.79 Å². The summed E-state index contributed by atoms with van der Waals surface area (Å²) in [5.41, 5.74) is -5.20. The number of ether oxygens (including phenoxy) is 1. The van der Waals surface area contributed by atoms with Gasteiger partial charge in [0.25, 0.3) is 5.91 Å². The molecule has 7 rings (SSSR count). The van der Waals surface area contributed by atoms with Crippen LogP contribution in [-0.4, -0.2) is 39.2 Å². The maximum Gasteiger partial charge on any atom is 0.446 e. The molecule has 0 saturated heterocycles. The molecule has 4 aliphatic rings. The van der Waals surface area contributed by atoms with Crippen molar-refractivity contribution >= 4 is 34.4 Å². The number of aliphatic hydroxyl groups is 1. The van der Waals surface area contributed by atoms with Crippen LogP contribution in [0.15, 0.2) is 65.6 Å². The lowest BCUT2D eigenvalue weighted by Gasteiger charge is -2.61. The number of carboxylic acid groups (broad SMARTS) is 1. The van der Waals surface area contributed by atoms with Crippen LogP contribution < -0.4 is 10.1 Å². The van der Waals surface area contributed by atoms with Gasteiger partial charge in [-0.15, -0.1) is 0 Å². The van der Waals surface area contributed by atoms with Crippen molar-refractivity contribution < 1.29 is 37.7 Å². The van der Waals surface area contributed by atoms with Gasteiger partial charge in [-0.1, -0.05) is 42.5 Å². The predicted molar refractivity (Wildman–Crippen MR) is 148 cm³/mol. The number of hydrogen-bond donors (Lipinski definition) is 3. The number of carbonyl (C=O) groups excluding carboxylic acids is 1. The number of hydrogen-bond acceptors (Lipinski definition) is 5. The molecule has 4 fully saturated rings. The van der Waals surface area contributed by atoms with Crippen molar-refractivity contribution in [2.75, 3.05) is 0 Å². The van der Waals surface area contributed by atoms with E-state index in [4.69, 9.17) is 4.74 Å². The molecule has 4 bridgehead atoms. The van der Waals surface area contributed by atoms with Gasteiger partial charge in [0.2, 0.25) is 0 Å². The highest BCUT2D eigenvalue weighted by molar-refractivity contribution is 8.00. The number of nitrogens with one attached hydrogen (secondary N) is 1. The van der Waals surface area contributed by atoms with Crippen LogP contribution in [0.2, 0.25) is 0 Å². The van der Waals surface area contributed by atoms with Gasteiger partial charge in [-0.3, -0.25) is 4.79 Å². The smallest absolute Gasteiger partial charge is 0.446 e. The van der Waals surface area contributed by atoms with Crippen molar-refractivity contribution in [3.63, 3.8) is 0 Å². The highest BCUT2D eigenvalue weighted by atomic mass is 32.2. The fourth-order valence-electron chi connectivity index (χ4n) is 7.83. The first-order valence-electron chi connectivity index (χ1n) is 13.7. The summed E-state index contributed by atoms with van der Waals surface area (Å²) in [6.45, 7) is -0.00601. The number of rotatable bonds is 8. The zero-order valence-electron chi connectivity index (χ0n) is 22.1. The Bertz CT molecular complexity index is 1480. The Morgan fingerprint density at radius 3 is 2.32 bits per heavy atom. The maximum absolute atomic E-state index is 13.8. The number of fused-ring (bicyclic) bond motifs is 1. The van der Waals surface area contributed by atoms with Crippen molar-refractivity contribution in [1.29, 1.82) is 0 Å². The Hall–Kier alpha value is -3.24. The molecule has 0 radical (unpaired) electrons. The van der Waals surface area contributed by atoms with E-state index < -0.39 is 34.4 Å². The van der Waals surface area contributed by atoms with E-state index in [-0.39, 0.29) is 46.4 Å². The van der Waals surface area contributed by atoms with Crippen molar-refractivity contribution in [3.8, 4) is 5.75 Å². The second-order valence-corrected chi connectivity index (χ2v) is 13.1. The number of carboxylic acids is 1. The Balaban J connectivity index is 1.27. The molecule has 216 valence electrons. The standard InChI is InChI=1S/C31H30F3NO5S/c32-31(33,34)41-22-8-5-18(6-9-22)16-40-25-23-4-2-1-3-21(23)7-10-24(25)27(36)35-26(28(37)38)29-12-19-11-20(13-29)15-30(39,14-19)17-29/h1-10,19-20,26,39H,11-17H2,(H,35,36)(H,37,38). The molecule has 3 aromatic carbocycles. The average molecular weight is 586 g/mol. The third kappa shape index (κ3) is 5.64. The van der Waals surface area contributed by atoms with Crippen molar-refractivity contribution in [2.45, 2.75) is 67.2 Å². The van der Waals surface area contributed by atoms with Gasteiger partial charge in [-0.2, -0.15) is 13.2 Å². The molecule has 4 saturated carbocycles. The Morgan fingerprint density at radius 2 is 1.68 bits per heavy atom. The molecule has 3 aromatic rings. The van der Waals surface area contributed by atoms with E-state index in [9.17, 15) is 33.0 Å². The number of benzene rings is 3. The second-order valence-electron chi connectivity index (χ2n) is 11.9. The van der Waals surface area contributed by atoms with E-state index >= 15 is 0 Å². The molecule has 3 unspecified atom stereocenters. The normalized spacial score (nSPS) is 27.5. The summed E-state index contributed by atoms with van der Waals surface area (Å²) in [5.74, 6) is -0.939. The monoisotopic (exact) mass is 585 g/mol. The van der Waals surface area contributed by atoms with E-state index in [1.54, 1.807) is 24.3 Å². The number of carbonyl (C=O) groups is 2. The average Bonchev–Trinajstić information content (AvgIpc) is 2.88. The third-order valence-corrected chi connectivity index (χ3v) is 9.61. The fraction of sp³-hybridized carbons (Fsp3) is 0.419. The van der Waals surface area contributed by atoms with Gasteiger partial charge in [0.1, 0.15) is 18.4 Å². The molecule has 0 aliphatic heterocycles. The van der Waals surface area contributed by atoms with Crippen LogP contribution in [0.25, 0.3) is 10.8 Å². The highest BCUT2D eigenvalue weighted by Gasteiger charge is 2.61. The van der Waals surface area contributed by atoms with E-state index in [0.717, 1.165) is 11.8 Å².